The van der Waals surface area contributed by atoms with Crippen molar-refractivity contribution in [2.45, 2.75) is 26.9 Å². The highest BCUT2D eigenvalue weighted by molar-refractivity contribution is 6.01. The van der Waals surface area contributed by atoms with E-state index in [1.54, 1.807) is 60.7 Å². The molecule has 0 aliphatic carbocycles. The molecule has 0 radical (unpaired) electrons. The van der Waals surface area contributed by atoms with Crippen molar-refractivity contribution in [2.24, 2.45) is 5.41 Å². The normalized spacial score (nSPS) is 12.1. The number of nitrogens with one attached hydrogen (secondary N) is 2. The predicted molar refractivity (Wildman–Crippen MR) is 145 cm³/mol. The van der Waals surface area contributed by atoms with E-state index < -0.39 is 17.6 Å². The number of hydrogen-bond acceptors (Lipinski definition) is 6. The number of anilines is 3. The quantitative estimate of drug-likeness (QED) is 0.215. The van der Waals surface area contributed by atoms with E-state index in [0.717, 1.165) is 5.56 Å². The zero-order valence-corrected chi connectivity index (χ0v) is 21.2. The van der Waals surface area contributed by atoms with E-state index in [9.17, 15) is 9.59 Å². The minimum Gasteiger partial charge on any atom is -0.491 e. The maximum atomic E-state index is 12.9. The Kier molecular flexibility index (Phi) is 9.29. The van der Waals surface area contributed by atoms with Crippen molar-refractivity contribution >= 4 is 29.1 Å². The summed E-state index contributed by atoms with van der Waals surface area (Å²) >= 11 is 0. The summed E-state index contributed by atoms with van der Waals surface area (Å²) in [6, 6.07) is 21.4. The molecule has 0 aliphatic rings. The topological polar surface area (TPSA) is 123 Å². The second-order valence-electron chi connectivity index (χ2n) is 9.15. The molecule has 37 heavy (non-hydrogen) atoms. The number of nitrogens with two attached hydrogens (primary N) is 1. The van der Waals surface area contributed by atoms with Crippen LogP contribution in [0.2, 0.25) is 0 Å². The van der Waals surface area contributed by atoms with E-state index in [-0.39, 0.29) is 19.1 Å². The van der Waals surface area contributed by atoms with Crippen molar-refractivity contribution < 1.29 is 24.2 Å². The van der Waals surface area contributed by atoms with Gasteiger partial charge in [-0.3, -0.25) is 10.1 Å². The van der Waals surface area contributed by atoms with Gasteiger partial charge in [0.25, 0.3) is 0 Å². The summed E-state index contributed by atoms with van der Waals surface area (Å²) in [6.07, 6.45) is 1.67. The second kappa shape index (κ2) is 12.6. The molecule has 8 heteroatoms. The summed E-state index contributed by atoms with van der Waals surface area (Å²) in [5.74, 6) is 0.157. The molecule has 0 saturated heterocycles. The molecule has 0 unspecified atom stereocenters. The van der Waals surface area contributed by atoms with Crippen molar-refractivity contribution in [3.05, 3.63) is 96.1 Å². The molecule has 3 aromatic carbocycles. The van der Waals surface area contributed by atoms with Crippen molar-refractivity contribution in [3.8, 4) is 5.75 Å². The van der Waals surface area contributed by atoms with Crippen LogP contribution in [0.4, 0.5) is 21.9 Å². The van der Waals surface area contributed by atoms with Gasteiger partial charge in [0.1, 0.15) is 18.5 Å². The van der Waals surface area contributed by atoms with Crippen molar-refractivity contribution in [3.63, 3.8) is 0 Å². The number of amides is 2. The van der Waals surface area contributed by atoms with Crippen LogP contribution < -0.4 is 21.1 Å². The van der Waals surface area contributed by atoms with E-state index >= 15 is 0 Å². The van der Waals surface area contributed by atoms with Gasteiger partial charge in [0.05, 0.1) is 18.0 Å². The van der Waals surface area contributed by atoms with E-state index in [1.807, 2.05) is 39.0 Å². The number of aryl methyl sites for hydroxylation is 1. The van der Waals surface area contributed by atoms with E-state index in [4.69, 9.17) is 20.3 Å². The summed E-state index contributed by atoms with van der Waals surface area (Å²) in [7, 11) is 0. The van der Waals surface area contributed by atoms with Crippen LogP contribution in [0.3, 0.4) is 0 Å². The van der Waals surface area contributed by atoms with Gasteiger partial charge in [-0.25, -0.2) is 4.79 Å². The van der Waals surface area contributed by atoms with Gasteiger partial charge >= 0.3 is 6.09 Å². The number of rotatable bonds is 10. The van der Waals surface area contributed by atoms with E-state index in [0.29, 0.717) is 28.4 Å². The summed E-state index contributed by atoms with van der Waals surface area (Å²) in [6.45, 7) is 5.69. The summed E-state index contributed by atoms with van der Waals surface area (Å²) < 4.78 is 11.5. The summed E-state index contributed by atoms with van der Waals surface area (Å²) in [4.78, 5) is 25.5. The molecule has 3 aromatic rings. The summed E-state index contributed by atoms with van der Waals surface area (Å²) in [5, 5.41) is 14.6. The lowest BCUT2D eigenvalue weighted by Crippen LogP contribution is -2.28. The Morgan fingerprint density at radius 3 is 2.46 bits per heavy atom. The lowest BCUT2D eigenvalue weighted by molar-refractivity contribution is -0.112. The number of carbonyl (C=O) groups excluding carboxylic acids is 2. The fraction of sp³-hybridized carbons (Fsp3) is 0.241. The number of benzene rings is 3. The van der Waals surface area contributed by atoms with Crippen LogP contribution in [0.5, 0.6) is 5.75 Å². The predicted octanol–water partition coefficient (Wildman–Crippen LogP) is 5.46. The minimum atomic E-state index is -0.806. The molecule has 0 bridgehead atoms. The summed E-state index contributed by atoms with van der Waals surface area (Å²) in [5.41, 5.74) is 8.41. The maximum Gasteiger partial charge on any atom is 0.412 e. The lowest BCUT2D eigenvalue weighted by atomic mass is 9.82. The molecule has 3 rings (SSSR count). The van der Waals surface area contributed by atoms with Gasteiger partial charge in [-0.05, 0) is 55.0 Å². The number of ether oxygens (including phenoxy) is 2. The van der Waals surface area contributed by atoms with E-state index in [1.165, 1.54) is 6.08 Å². The fourth-order valence-corrected chi connectivity index (χ4v) is 3.63. The third kappa shape index (κ3) is 8.12. The second-order valence-corrected chi connectivity index (χ2v) is 9.15. The molecular formula is C29H33N3O5. The highest BCUT2D eigenvalue weighted by atomic mass is 16.6. The number of aliphatic hydroxyl groups is 1. The number of nitrogen functional groups attached to an aromatic ring is 1. The number of carbonyl (C=O) groups is 2. The molecule has 0 saturated carbocycles. The Morgan fingerprint density at radius 2 is 1.76 bits per heavy atom. The molecule has 8 nitrogen and oxygen atoms in total. The molecule has 0 heterocycles. The Bertz CT molecular complexity index is 1240. The highest BCUT2D eigenvalue weighted by Crippen LogP contribution is 2.39. The van der Waals surface area contributed by atoms with Crippen LogP contribution in [0.15, 0.2) is 84.9 Å². The Labute approximate surface area is 217 Å². The van der Waals surface area contributed by atoms with Gasteiger partial charge < -0.3 is 25.6 Å². The molecule has 0 fully saturated rings. The van der Waals surface area contributed by atoms with Gasteiger partial charge in [-0.1, -0.05) is 61.9 Å². The molecule has 5 N–H and O–H groups in total. The average Bonchev–Trinajstić information content (AvgIpc) is 2.88. The lowest BCUT2D eigenvalue weighted by Gasteiger charge is -2.32. The zero-order chi connectivity index (χ0) is 26.8. The van der Waals surface area contributed by atoms with Gasteiger partial charge in [-0.2, -0.15) is 0 Å². The van der Waals surface area contributed by atoms with Crippen molar-refractivity contribution in [1.82, 2.24) is 0 Å². The van der Waals surface area contributed by atoms with Crippen molar-refractivity contribution in [1.29, 1.82) is 0 Å². The first-order chi connectivity index (χ1) is 17.7. The standard InChI is InChI=1S/C29H33N3O5/c1-20-11-13-22(14-12-20)31-28(35)37-27(21-7-6-8-23(19-21)36-18-17-33)29(2,3)16-15-26(34)32-25-10-5-4-9-24(25)30/h4-16,19,27,33H,17-18,30H2,1-3H3,(H,31,35)(H,32,34)/b16-15+/t27-/m0/s1. The number of para-hydroxylation sites is 2. The number of hydrogen-bond donors (Lipinski definition) is 4. The SMILES string of the molecule is Cc1ccc(NC(=O)O[C@@H](c2cccc(OCCO)c2)C(C)(C)/C=C/C(=O)Nc2ccccc2N)cc1. The molecule has 194 valence electrons. The fourth-order valence-electron chi connectivity index (χ4n) is 3.63. The van der Waals surface area contributed by atoms with Crippen LogP contribution >= 0.6 is 0 Å². The first-order valence-corrected chi connectivity index (χ1v) is 11.9. The number of aliphatic hydroxyl groups excluding tert-OH is 1. The monoisotopic (exact) mass is 503 g/mol. The van der Waals surface area contributed by atoms with Crippen LogP contribution in [0.1, 0.15) is 31.1 Å². The van der Waals surface area contributed by atoms with Crippen LogP contribution in [0, 0.1) is 12.3 Å². The first-order valence-electron chi connectivity index (χ1n) is 11.9. The molecule has 0 spiro atoms. The van der Waals surface area contributed by atoms with Crippen molar-refractivity contribution in [2.75, 3.05) is 29.6 Å². The third-order valence-corrected chi connectivity index (χ3v) is 5.60. The molecular weight excluding hydrogens is 470 g/mol. The smallest absolute Gasteiger partial charge is 0.412 e. The first kappa shape index (κ1) is 27.3. The van der Waals surface area contributed by atoms with Gasteiger partial charge in [-0.15, -0.1) is 0 Å². The largest absolute Gasteiger partial charge is 0.491 e. The van der Waals surface area contributed by atoms with Gasteiger partial charge in [0.15, 0.2) is 0 Å². The average molecular weight is 504 g/mol. The molecule has 1 atom stereocenters. The Balaban J connectivity index is 1.84. The van der Waals surface area contributed by atoms with Crippen LogP contribution in [0.25, 0.3) is 0 Å². The van der Waals surface area contributed by atoms with Crippen LogP contribution in [-0.2, 0) is 9.53 Å². The van der Waals surface area contributed by atoms with Gasteiger partial charge in [0, 0.05) is 11.1 Å². The minimum absolute atomic E-state index is 0.127. The Morgan fingerprint density at radius 1 is 1.03 bits per heavy atom. The zero-order valence-electron chi connectivity index (χ0n) is 21.2. The van der Waals surface area contributed by atoms with Gasteiger partial charge in [0.2, 0.25) is 5.91 Å². The third-order valence-electron chi connectivity index (χ3n) is 5.60. The molecule has 0 aliphatic heterocycles. The van der Waals surface area contributed by atoms with Crippen LogP contribution in [-0.4, -0.2) is 30.3 Å². The highest BCUT2D eigenvalue weighted by Gasteiger charge is 2.33. The van der Waals surface area contributed by atoms with E-state index in [2.05, 4.69) is 10.6 Å². The Hall–Kier alpha value is -4.30. The molecule has 2 amide bonds. The molecule has 0 aromatic heterocycles. The maximum absolute atomic E-state index is 12.9.